The Bertz CT molecular complexity index is 1090. The molecular formula is C22H22F4N4O3. The minimum atomic E-state index is -4.51. The summed E-state index contributed by atoms with van der Waals surface area (Å²) in [5, 5.41) is 2.50. The molecule has 2 aromatic rings. The lowest BCUT2D eigenvalue weighted by Crippen LogP contribution is -2.70. The number of carbonyl (C=O) groups excluding carboxylic acids is 3. The number of hydrogen-bond donors (Lipinski definition) is 1. The van der Waals surface area contributed by atoms with Crippen molar-refractivity contribution in [2.24, 2.45) is 0 Å². The summed E-state index contributed by atoms with van der Waals surface area (Å²) in [4.78, 5) is 44.1. The van der Waals surface area contributed by atoms with E-state index in [2.05, 4.69) is 10.3 Å². The number of halogens is 4. The van der Waals surface area contributed by atoms with Crippen molar-refractivity contribution >= 4 is 23.5 Å². The van der Waals surface area contributed by atoms with Gasteiger partial charge in [0.25, 0.3) is 5.91 Å². The monoisotopic (exact) mass is 466 g/mol. The Kier molecular flexibility index (Phi) is 6.44. The van der Waals surface area contributed by atoms with Gasteiger partial charge in [-0.15, -0.1) is 0 Å². The number of amides is 3. The van der Waals surface area contributed by atoms with Crippen molar-refractivity contribution in [2.45, 2.75) is 39.0 Å². The van der Waals surface area contributed by atoms with Gasteiger partial charge in [0, 0.05) is 26.2 Å². The molecule has 1 atom stereocenters. The molecule has 176 valence electrons. The molecule has 2 heterocycles. The highest BCUT2D eigenvalue weighted by molar-refractivity contribution is 6.08. The molecule has 7 nitrogen and oxygen atoms in total. The highest BCUT2D eigenvalue weighted by Crippen LogP contribution is 2.32. The molecule has 1 fully saturated rings. The van der Waals surface area contributed by atoms with Gasteiger partial charge in [0.05, 0.1) is 5.56 Å². The minimum Gasteiger partial charge on any atom is -0.353 e. The van der Waals surface area contributed by atoms with Crippen molar-refractivity contribution in [2.75, 3.05) is 18.0 Å². The second-order valence-corrected chi connectivity index (χ2v) is 8.07. The van der Waals surface area contributed by atoms with E-state index in [-0.39, 0.29) is 18.9 Å². The van der Waals surface area contributed by atoms with Gasteiger partial charge in [-0.05, 0) is 43.2 Å². The molecule has 1 aromatic heterocycles. The Balaban J connectivity index is 1.96. The molecule has 0 unspecified atom stereocenters. The van der Waals surface area contributed by atoms with Gasteiger partial charge >= 0.3 is 6.18 Å². The third kappa shape index (κ3) is 4.96. The van der Waals surface area contributed by atoms with Crippen LogP contribution in [-0.4, -0.2) is 46.2 Å². The maximum atomic E-state index is 14.5. The van der Waals surface area contributed by atoms with Crippen LogP contribution in [0.1, 0.15) is 30.5 Å². The molecule has 0 saturated carbocycles. The number of hydrogen-bond acceptors (Lipinski definition) is 4. The summed E-state index contributed by atoms with van der Waals surface area (Å²) in [6, 6.07) is 5.38. The smallest absolute Gasteiger partial charge is 0.353 e. The highest BCUT2D eigenvalue weighted by Gasteiger charge is 2.50. The van der Waals surface area contributed by atoms with E-state index in [0.717, 1.165) is 17.0 Å². The van der Waals surface area contributed by atoms with E-state index in [0.29, 0.717) is 11.1 Å². The number of nitrogens with zero attached hydrogens (tertiary/aromatic N) is 3. The quantitative estimate of drug-likeness (QED) is 0.688. The topological polar surface area (TPSA) is 82.6 Å². The molecule has 11 heteroatoms. The molecule has 0 spiro atoms. The van der Waals surface area contributed by atoms with Crippen LogP contribution < -0.4 is 10.2 Å². The number of piperazine rings is 1. The normalized spacial score (nSPS) is 19.1. The number of carbonyl (C=O) groups is 3. The van der Waals surface area contributed by atoms with Crippen LogP contribution in [0.25, 0.3) is 0 Å². The number of rotatable bonds is 5. The molecular weight excluding hydrogens is 444 g/mol. The summed E-state index contributed by atoms with van der Waals surface area (Å²) in [5.74, 6) is -2.82. The first-order chi connectivity index (χ1) is 15.3. The molecule has 1 aromatic carbocycles. The van der Waals surface area contributed by atoms with E-state index in [1.165, 1.54) is 43.1 Å². The van der Waals surface area contributed by atoms with Crippen LogP contribution in [0.4, 0.5) is 23.4 Å². The molecule has 3 rings (SSSR count). The van der Waals surface area contributed by atoms with Crippen LogP contribution in [-0.2, 0) is 27.1 Å². The lowest BCUT2D eigenvalue weighted by Gasteiger charge is -2.47. The summed E-state index contributed by atoms with van der Waals surface area (Å²) in [5.41, 5.74) is -1.61. The van der Waals surface area contributed by atoms with E-state index >= 15 is 0 Å². The largest absolute Gasteiger partial charge is 0.416 e. The first-order valence-corrected chi connectivity index (χ1v) is 9.98. The van der Waals surface area contributed by atoms with Crippen LogP contribution in [0.5, 0.6) is 0 Å². The molecule has 1 aliphatic heterocycles. The van der Waals surface area contributed by atoms with Crippen molar-refractivity contribution < 1.29 is 31.9 Å². The van der Waals surface area contributed by atoms with E-state index < -0.39 is 47.4 Å². The standard InChI is InChI=1S/C22H22F4N4O3/c1-13-8-17(23)19(27-9-13)29-11-18(32)30(21(3,20(29)33)12-28-14(2)31)10-15-4-6-16(7-5-15)22(24,25)26/h4-9H,10-12H2,1-3H3,(H,28,31)/t21-/m1/s1. The Morgan fingerprint density at radius 1 is 1.21 bits per heavy atom. The summed E-state index contributed by atoms with van der Waals surface area (Å²) in [7, 11) is 0. The van der Waals surface area contributed by atoms with Gasteiger partial charge in [0.1, 0.15) is 12.1 Å². The van der Waals surface area contributed by atoms with E-state index in [9.17, 15) is 31.9 Å². The van der Waals surface area contributed by atoms with Gasteiger partial charge in [-0.3, -0.25) is 19.3 Å². The zero-order chi connectivity index (χ0) is 24.6. The van der Waals surface area contributed by atoms with Crippen LogP contribution in [0.15, 0.2) is 36.5 Å². The summed E-state index contributed by atoms with van der Waals surface area (Å²) in [6.45, 7) is 3.29. The lowest BCUT2D eigenvalue weighted by atomic mass is 9.93. The summed E-state index contributed by atoms with van der Waals surface area (Å²) in [6.07, 6.45) is -3.16. The van der Waals surface area contributed by atoms with E-state index in [1.807, 2.05) is 0 Å². The fourth-order valence-corrected chi connectivity index (χ4v) is 3.58. The van der Waals surface area contributed by atoms with Crippen molar-refractivity contribution in [1.82, 2.24) is 15.2 Å². The zero-order valence-corrected chi connectivity index (χ0v) is 18.2. The first-order valence-electron chi connectivity index (χ1n) is 9.98. The Morgan fingerprint density at radius 3 is 2.39 bits per heavy atom. The van der Waals surface area contributed by atoms with Crippen LogP contribution in [0.3, 0.4) is 0 Å². The van der Waals surface area contributed by atoms with Crippen molar-refractivity contribution in [1.29, 1.82) is 0 Å². The van der Waals surface area contributed by atoms with Crippen molar-refractivity contribution in [3.8, 4) is 0 Å². The van der Waals surface area contributed by atoms with Crippen molar-refractivity contribution in [3.63, 3.8) is 0 Å². The van der Waals surface area contributed by atoms with Gasteiger partial charge in [-0.2, -0.15) is 13.2 Å². The third-order valence-corrected chi connectivity index (χ3v) is 5.41. The maximum Gasteiger partial charge on any atom is 0.416 e. The van der Waals surface area contributed by atoms with Crippen LogP contribution >= 0.6 is 0 Å². The molecule has 0 bridgehead atoms. The maximum absolute atomic E-state index is 14.5. The van der Waals surface area contributed by atoms with Gasteiger partial charge in [0.2, 0.25) is 11.8 Å². The number of alkyl halides is 3. The SMILES string of the molecule is CC(=O)NC[C@]1(C)C(=O)N(c2ncc(C)cc2F)CC(=O)N1Cc1ccc(C(F)(F)F)cc1. The second-order valence-electron chi connectivity index (χ2n) is 8.07. The number of nitrogens with one attached hydrogen (secondary N) is 1. The van der Waals surface area contributed by atoms with Gasteiger partial charge in [-0.1, -0.05) is 12.1 Å². The minimum absolute atomic E-state index is 0.184. The van der Waals surface area contributed by atoms with E-state index in [4.69, 9.17) is 0 Å². The lowest BCUT2D eigenvalue weighted by molar-refractivity contribution is -0.151. The second kappa shape index (κ2) is 8.80. The molecule has 3 amide bonds. The Labute approximate surface area is 187 Å². The molecule has 0 aliphatic carbocycles. The molecule has 1 saturated heterocycles. The number of aromatic nitrogens is 1. The predicted molar refractivity (Wildman–Crippen MR) is 110 cm³/mol. The average molecular weight is 466 g/mol. The predicted octanol–water partition coefficient (Wildman–Crippen LogP) is 2.82. The number of aryl methyl sites for hydroxylation is 1. The van der Waals surface area contributed by atoms with Gasteiger partial charge in [0.15, 0.2) is 11.6 Å². The average Bonchev–Trinajstić information content (AvgIpc) is 2.73. The molecule has 0 radical (unpaired) electrons. The Hall–Kier alpha value is -3.50. The van der Waals surface area contributed by atoms with Crippen LogP contribution in [0, 0.1) is 12.7 Å². The number of pyridine rings is 1. The zero-order valence-electron chi connectivity index (χ0n) is 18.2. The van der Waals surface area contributed by atoms with Gasteiger partial charge < -0.3 is 10.2 Å². The summed E-state index contributed by atoms with van der Waals surface area (Å²) >= 11 is 0. The number of benzene rings is 1. The Morgan fingerprint density at radius 2 is 1.85 bits per heavy atom. The van der Waals surface area contributed by atoms with Crippen molar-refractivity contribution in [3.05, 3.63) is 59.0 Å². The fraction of sp³-hybridized carbons (Fsp3) is 0.364. The molecule has 1 N–H and O–H groups in total. The fourth-order valence-electron chi connectivity index (χ4n) is 3.58. The summed E-state index contributed by atoms with van der Waals surface area (Å²) < 4.78 is 53.1. The third-order valence-electron chi connectivity index (χ3n) is 5.41. The molecule has 1 aliphatic rings. The van der Waals surface area contributed by atoms with E-state index in [1.54, 1.807) is 6.92 Å². The number of anilines is 1. The highest BCUT2D eigenvalue weighted by atomic mass is 19.4. The molecule has 33 heavy (non-hydrogen) atoms. The van der Waals surface area contributed by atoms with Crippen LogP contribution in [0.2, 0.25) is 0 Å². The first kappa shape index (κ1) is 24.1. The van der Waals surface area contributed by atoms with Gasteiger partial charge in [-0.25, -0.2) is 9.37 Å².